The predicted molar refractivity (Wildman–Crippen MR) is 147 cm³/mol. The molecule has 0 saturated carbocycles. The SMILES string of the molecule is COc1ccc(-n2ncc3c(N4CCN([C@H](c5ccccc5)c5ccc(Cl)cc5)CC4)ncnc32)cc1. The Morgan fingerprint density at radius 3 is 2.22 bits per heavy atom. The molecular formula is C29H27ClN6O. The van der Waals surface area contributed by atoms with E-state index in [-0.39, 0.29) is 6.04 Å². The van der Waals surface area contributed by atoms with E-state index in [1.165, 1.54) is 11.1 Å². The van der Waals surface area contributed by atoms with Crippen LogP contribution in [0.1, 0.15) is 17.2 Å². The molecule has 6 rings (SSSR count). The zero-order valence-corrected chi connectivity index (χ0v) is 21.3. The normalized spacial score (nSPS) is 15.1. The number of piperazine rings is 1. The highest BCUT2D eigenvalue weighted by Gasteiger charge is 2.28. The molecule has 37 heavy (non-hydrogen) atoms. The van der Waals surface area contributed by atoms with Crippen molar-refractivity contribution in [2.24, 2.45) is 0 Å². The number of hydrogen-bond acceptors (Lipinski definition) is 6. The topological polar surface area (TPSA) is 59.3 Å². The second-order valence-corrected chi connectivity index (χ2v) is 9.51. The van der Waals surface area contributed by atoms with Gasteiger partial charge in [0.25, 0.3) is 0 Å². The molecule has 1 aliphatic rings. The summed E-state index contributed by atoms with van der Waals surface area (Å²) in [7, 11) is 1.66. The van der Waals surface area contributed by atoms with Crippen molar-refractivity contribution in [3.05, 3.63) is 108 Å². The molecule has 2 aromatic heterocycles. The zero-order valence-electron chi connectivity index (χ0n) is 20.5. The van der Waals surface area contributed by atoms with Crippen molar-refractivity contribution in [2.45, 2.75) is 6.04 Å². The van der Waals surface area contributed by atoms with E-state index in [1.807, 2.05) is 47.3 Å². The number of ether oxygens (including phenoxy) is 1. The van der Waals surface area contributed by atoms with Crippen LogP contribution in [0, 0.1) is 0 Å². The van der Waals surface area contributed by atoms with Crippen molar-refractivity contribution < 1.29 is 4.74 Å². The predicted octanol–water partition coefficient (Wildman–Crippen LogP) is 5.39. The van der Waals surface area contributed by atoms with Crippen molar-refractivity contribution in [3.63, 3.8) is 0 Å². The summed E-state index contributed by atoms with van der Waals surface area (Å²) in [5.74, 6) is 1.73. The Hall–Kier alpha value is -3.94. The van der Waals surface area contributed by atoms with Crippen molar-refractivity contribution in [1.82, 2.24) is 24.6 Å². The van der Waals surface area contributed by atoms with Gasteiger partial charge in [0.15, 0.2) is 5.65 Å². The average molecular weight is 511 g/mol. The summed E-state index contributed by atoms with van der Waals surface area (Å²) < 4.78 is 7.14. The van der Waals surface area contributed by atoms with Crippen molar-refractivity contribution in [2.75, 3.05) is 38.2 Å². The van der Waals surface area contributed by atoms with Gasteiger partial charge in [-0.3, -0.25) is 4.90 Å². The van der Waals surface area contributed by atoms with Crippen LogP contribution in [0.3, 0.4) is 0 Å². The van der Waals surface area contributed by atoms with Crippen LogP contribution in [0.15, 0.2) is 91.4 Å². The lowest BCUT2D eigenvalue weighted by molar-refractivity contribution is 0.212. The summed E-state index contributed by atoms with van der Waals surface area (Å²) in [4.78, 5) is 14.1. The lowest BCUT2D eigenvalue weighted by atomic mass is 9.96. The second-order valence-electron chi connectivity index (χ2n) is 9.08. The molecule has 1 aliphatic heterocycles. The smallest absolute Gasteiger partial charge is 0.168 e. The first-order chi connectivity index (χ1) is 18.2. The fourth-order valence-corrected chi connectivity index (χ4v) is 5.21. The number of halogens is 1. The molecule has 0 spiro atoms. The Balaban J connectivity index is 1.25. The van der Waals surface area contributed by atoms with Crippen LogP contribution in [-0.2, 0) is 0 Å². The minimum Gasteiger partial charge on any atom is -0.497 e. The number of aromatic nitrogens is 4. The Morgan fingerprint density at radius 2 is 1.51 bits per heavy atom. The first kappa shape index (κ1) is 23.5. The second kappa shape index (κ2) is 10.2. The van der Waals surface area contributed by atoms with E-state index in [0.717, 1.165) is 59.5 Å². The van der Waals surface area contributed by atoms with Crippen LogP contribution in [0.25, 0.3) is 16.7 Å². The molecule has 8 heteroatoms. The third kappa shape index (κ3) is 4.63. The highest BCUT2D eigenvalue weighted by atomic mass is 35.5. The minimum absolute atomic E-state index is 0.170. The molecule has 7 nitrogen and oxygen atoms in total. The van der Waals surface area contributed by atoms with Gasteiger partial charge in [-0.15, -0.1) is 0 Å². The van der Waals surface area contributed by atoms with E-state index in [0.29, 0.717) is 0 Å². The van der Waals surface area contributed by atoms with Crippen LogP contribution in [0.2, 0.25) is 5.02 Å². The summed E-state index contributed by atoms with van der Waals surface area (Å²) >= 11 is 6.19. The Bertz CT molecular complexity index is 1480. The van der Waals surface area contributed by atoms with E-state index in [2.05, 4.69) is 67.3 Å². The Labute approximate surface area is 220 Å². The number of nitrogens with zero attached hydrogens (tertiary/aromatic N) is 6. The number of benzene rings is 3. The Morgan fingerprint density at radius 1 is 0.811 bits per heavy atom. The summed E-state index contributed by atoms with van der Waals surface area (Å²) in [5.41, 5.74) is 4.25. The van der Waals surface area contributed by atoms with Crippen molar-refractivity contribution in [1.29, 1.82) is 0 Å². The van der Waals surface area contributed by atoms with E-state index >= 15 is 0 Å². The summed E-state index contributed by atoms with van der Waals surface area (Å²) in [5, 5.41) is 6.33. The largest absolute Gasteiger partial charge is 0.497 e. The summed E-state index contributed by atoms with van der Waals surface area (Å²) in [6, 6.07) is 26.9. The van der Waals surface area contributed by atoms with E-state index in [1.54, 1.807) is 13.4 Å². The molecule has 0 amide bonds. The van der Waals surface area contributed by atoms with E-state index in [9.17, 15) is 0 Å². The van der Waals surface area contributed by atoms with E-state index in [4.69, 9.17) is 16.3 Å². The van der Waals surface area contributed by atoms with Crippen molar-refractivity contribution in [3.8, 4) is 11.4 Å². The van der Waals surface area contributed by atoms with Gasteiger partial charge in [0, 0.05) is 31.2 Å². The molecular weight excluding hydrogens is 484 g/mol. The first-order valence-electron chi connectivity index (χ1n) is 12.3. The maximum absolute atomic E-state index is 6.19. The number of fused-ring (bicyclic) bond motifs is 1. The molecule has 1 saturated heterocycles. The highest BCUT2D eigenvalue weighted by Crippen LogP contribution is 2.32. The van der Waals surface area contributed by atoms with Gasteiger partial charge in [0.1, 0.15) is 17.9 Å². The molecule has 0 radical (unpaired) electrons. The van der Waals surface area contributed by atoms with Gasteiger partial charge in [0.05, 0.1) is 30.4 Å². The average Bonchev–Trinajstić information content (AvgIpc) is 3.40. The monoisotopic (exact) mass is 510 g/mol. The molecule has 1 atom stereocenters. The molecule has 1 fully saturated rings. The maximum atomic E-state index is 6.19. The van der Waals surface area contributed by atoms with Gasteiger partial charge >= 0.3 is 0 Å². The maximum Gasteiger partial charge on any atom is 0.168 e. The number of hydrogen-bond donors (Lipinski definition) is 0. The van der Waals surface area contributed by atoms with Gasteiger partial charge < -0.3 is 9.64 Å². The van der Waals surface area contributed by atoms with Gasteiger partial charge in [-0.25, -0.2) is 14.6 Å². The van der Waals surface area contributed by atoms with Crippen molar-refractivity contribution >= 4 is 28.5 Å². The lowest BCUT2D eigenvalue weighted by Gasteiger charge is -2.40. The molecule has 3 heterocycles. The van der Waals surface area contributed by atoms with Crippen LogP contribution in [0.5, 0.6) is 5.75 Å². The van der Waals surface area contributed by atoms with Gasteiger partial charge in [-0.05, 0) is 47.5 Å². The minimum atomic E-state index is 0.170. The third-order valence-electron chi connectivity index (χ3n) is 6.94. The number of anilines is 1. The first-order valence-corrected chi connectivity index (χ1v) is 12.7. The standard InChI is InChI=1S/C29H27ClN6O/c1-37-25-13-11-24(12-14-25)36-29-26(19-33-36)28(31-20-32-29)35-17-15-34(16-18-35)27(21-5-3-2-4-6-21)22-7-9-23(30)10-8-22/h2-14,19-20,27H,15-18H2,1H3/t27-/m1/s1. The van der Waals surface area contributed by atoms with E-state index < -0.39 is 0 Å². The molecule has 3 aromatic carbocycles. The summed E-state index contributed by atoms with van der Waals surface area (Å²) in [6.07, 6.45) is 3.49. The fraction of sp³-hybridized carbons (Fsp3) is 0.207. The molecule has 0 N–H and O–H groups in total. The summed E-state index contributed by atoms with van der Waals surface area (Å²) in [6.45, 7) is 3.52. The van der Waals surface area contributed by atoms with Crippen LogP contribution >= 0.6 is 11.6 Å². The molecule has 0 unspecified atom stereocenters. The van der Waals surface area contributed by atoms with Gasteiger partial charge in [0.2, 0.25) is 0 Å². The zero-order chi connectivity index (χ0) is 25.2. The molecule has 5 aromatic rings. The third-order valence-corrected chi connectivity index (χ3v) is 7.19. The number of methoxy groups -OCH3 is 1. The molecule has 186 valence electrons. The highest BCUT2D eigenvalue weighted by molar-refractivity contribution is 6.30. The number of rotatable bonds is 6. The quantitative estimate of drug-likeness (QED) is 0.305. The molecule has 0 aliphatic carbocycles. The van der Waals surface area contributed by atoms with Crippen LogP contribution in [0.4, 0.5) is 5.82 Å². The molecule has 0 bridgehead atoms. The van der Waals surface area contributed by atoms with Gasteiger partial charge in [-0.2, -0.15) is 5.10 Å². The van der Waals surface area contributed by atoms with Crippen LogP contribution in [-0.4, -0.2) is 57.9 Å². The van der Waals surface area contributed by atoms with Gasteiger partial charge in [-0.1, -0.05) is 54.1 Å². The van der Waals surface area contributed by atoms with Crippen LogP contribution < -0.4 is 9.64 Å². The Kier molecular flexibility index (Phi) is 6.47. The fourth-order valence-electron chi connectivity index (χ4n) is 5.08. The lowest BCUT2D eigenvalue weighted by Crippen LogP contribution is -2.48.